The topological polar surface area (TPSA) is 66.6 Å². The molecule has 4 nitrogen and oxygen atoms in total. The highest BCUT2D eigenvalue weighted by Crippen LogP contribution is 2.21. The number of benzene rings is 1. The van der Waals surface area contributed by atoms with Crippen LogP contribution in [0.1, 0.15) is 17.3 Å². The highest BCUT2D eigenvalue weighted by Gasteiger charge is 2.17. The zero-order valence-corrected chi connectivity index (χ0v) is 10.9. The molecule has 1 rings (SSSR count). The van der Waals surface area contributed by atoms with Crippen LogP contribution < -0.4 is 5.73 Å². The third-order valence-electron chi connectivity index (χ3n) is 2.49. The summed E-state index contributed by atoms with van der Waals surface area (Å²) in [5.74, 6) is -0.137. The SMILES string of the molecule is CC(CO)N(C)C(=O)c1ccc(N)c(Br)c1. The number of hydrogen-bond acceptors (Lipinski definition) is 3. The Bertz CT molecular complexity index is 396. The molecule has 0 aliphatic carbocycles. The normalized spacial score (nSPS) is 12.2. The molecule has 0 aliphatic heterocycles. The van der Waals surface area contributed by atoms with Crippen molar-refractivity contribution in [2.75, 3.05) is 19.4 Å². The predicted molar refractivity (Wildman–Crippen MR) is 67.2 cm³/mol. The fraction of sp³-hybridized carbons (Fsp3) is 0.364. The van der Waals surface area contributed by atoms with Gasteiger partial charge in [0.1, 0.15) is 0 Å². The number of aliphatic hydroxyl groups is 1. The van der Waals surface area contributed by atoms with Crippen molar-refractivity contribution in [1.29, 1.82) is 0 Å². The van der Waals surface area contributed by atoms with E-state index in [0.717, 1.165) is 0 Å². The minimum atomic E-state index is -0.205. The van der Waals surface area contributed by atoms with Crippen molar-refractivity contribution in [3.8, 4) is 0 Å². The van der Waals surface area contributed by atoms with Crippen LogP contribution >= 0.6 is 15.9 Å². The molecule has 0 radical (unpaired) electrons. The molecule has 16 heavy (non-hydrogen) atoms. The Morgan fingerprint density at radius 3 is 2.75 bits per heavy atom. The van der Waals surface area contributed by atoms with Gasteiger partial charge in [-0.1, -0.05) is 0 Å². The van der Waals surface area contributed by atoms with Crippen LogP contribution in [0.2, 0.25) is 0 Å². The van der Waals surface area contributed by atoms with Gasteiger partial charge in [-0.25, -0.2) is 0 Å². The molecule has 1 amide bonds. The van der Waals surface area contributed by atoms with Gasteiger partial charge in [-0.05, 0) is 41.1 Å². The summed E-state index contributed by atoms with van der Waals surface area (Å²) in [4.78, 5) is 13.5. The Balaban J connectivity index is 2.92. The molecule has 1 aromatic carbocycles. The van der Waals surface area contributed by atoms with E-state index in [4.69, 9.17) is 10.8 Å². The van der Waals surface area contributed by atoms with Gasteiger partial charge in [-0.3, -0.25) is 4.79 Å². The van der Waals surface area contributed by atoms with Crippen LogP contribution in [0.15, 0.2) is 22.7 Å². The number of halogens is 1. The lowest BCUT2D eigenvalue weighted by molar-refractivity contribution is 0.0682. The Kier molecular flexibility index (Phi) is 4.32. The summed E-state index contributed by atoms with van der Waals surface area (Å²) < 4.78 is 0.698. The molecule has 0 aromatic heterocycles. The zero-order chi connectivity index (χ0) is 12.3. The number of nitrogens with zero attached hydrogens (tertiary/aromatic N) is 1. The smallest absolute Gasteiger partial charge is 0.253 e. The molecule has 0 aliphatic rings. The van der Waals surface area contributed by atoms with E-state index in [0.29, 0.717) is 15.7 Å². The third kappa shape index (κ3) is 2.74. The van der Waals surface area contributed by atoms with Crippen molar-refractivity contribution in [3.63, 3.8) is 0 Å². The number of carbonyl (C=O) groups excluding carboxylic acids is 1. The maximum Gasteiger partial charge on any atom is 0.253 e. The first kappa shape index (κ1) is 13.0. The number of carbonyl (C=O) groups is 1. The molecular weight excluding hydrogens is 272 g/mol. The highest BCUT2D eigenvalue weighted by molar-refractivity contribution is 9.10. The zero-order valence-electron chi connectivity index (χ0n) is 9.27. The van der Waals surface area contributed by atoms with Gasteiger partial charge in [-0.2, -0.15) is 0 Å². The minimum absolute atomic E-state index is 0.0572. The molecule has 5 heteroatoms. The number of nitrogen functional groups attached to an aromatic ring is 1. The Morgan fingerprint density at radius 1 is 1.62 bits per heavy atom. The standard InChI is InChI=1S/C11H15BrN2O2/c1-7(6-15)14(2)11(16)8-3-4-10(13)9(12)5-8/h3-5,7,15H,6,13H2,1-2H3. The van der Waals surface area contributed by atoms with E-state index in [1.807, 2.05) is 0 Å². The van der Waals surface area contributed by atoms with Crippen LogP contribution in [0.5, 0.6) is 0 Å². The van der Waals surface area contributed by atoms with E-state index in [1.54, 1.807) is 32.2 Å². The molecule has 1 unspecified atom stereocenters. The van der Waals surface area contributed by atoms with Crippen LogP contribution in [0.3, 0.4) is 0 Å². The van der Waals surface area contributed by atoms with Crippen LogP contribution in [-0.2, 0) is 0 Å². The lowest BCUT2D eigenvalue weighted by Crippen LogP contribution is -2.37. The quantitative estimate of drug-likeness (QED) is 0.828. The van der Waals surface area contributed by atoms with Gasteiger partial charge in [0.25, 0.3) is 5.91 Å². The molecule has 88 valence electrons. The molecule has 0 bridgehead atoms. The van der Waals surface area contributed by atoms with Gasteiger partial charge in [0.05, 0.1) is 12.6 Å². The summed E-state index contributed by atoms with van der Waals surface area (Å²) in [5, 5.41) is 8.98. The molecule has 0 heterocycles. The summed E-state index contributed by atoms with van der Waals surface area (Å²) in [5.41, 5.74) is 6.78. The van der Waals surface area contributed by atoms with Gasteiger partial charge in [-0.15, -0.1) is 0 Å². The first-order chi connectivity index (χ1) is 7.47. The summed E-state index contributed by atoms with van der Waals surface area (Å²) in [6.45, 7) is 1.72. The lowest BCUT2D eigenvalue weighted by Gasteiger charge is -2.23. The number of amides is 1. The average Bonchev–Trinajstić information content (AvgIpc) is 2.29. The van der Waals surface area contributed by atoms with E-state index in [-0.39, 0.29) is 18.6 Å². The number of anilines is 1. The first-order valence-corrected chi connectivity index (χ1v) is 5.69. The Morgan fingerprint density at radius 2 is 2.25 bits per heavy atom. The molecule has 0 fully saturated rings. The molecule has 0 saturated heterocycles. The summed E-state index contributed by atoms with van der Waals surface area (Å²) in [7, 11) is 1.66. The lowest BCUT2D eigenvalue weighted by atomic mass is 10.1. The molecule has 1 aromatic rings. The van der Waals surface area contributed by atoms with Crippen molar-refractivity contribution in [1.82, 2.24) is 4.90 Å². The van der Waals surface area contributed by atoms with E-state index >= 15 is 0 Å². The monoisotopic (exact) mass is 286 g/mol. The minimum Gasteiger partial charge on any atom is -0.398 e. The summed E-state index contributed by atoms with van der Waals surface area (Å²) in [6.07, 6.45) is 0. The number of rotatable bonds is 3. The second-order valence-electron chi connectivity index (χ2n) is 3.68. The van der Waals surface area contributed by atoms with Gasteiger partial charge in [0.15, 0.2) is 0 Å². The molecular formula is C11H15BrN2O2. The Labute approximate surface area is 103 Å². The number of likely N-dealkylation sites (N-methyl/N-ethyl adjacent to an activating group) is 1. The van der Waals surface area contributed by atoms with Gasteiger partial charge in [0.2, 0.25) is 0 Å². The number of hydrogen-bond donors (Lipinski definition) is 2. The van der Waals surface area contributed by atoms with Gasteiger partial charge < -0.3 is 15.7 Å². The highest BCUT2D eigenvalue weighted by atomic mass is 79.9. The largest absolute Gasteiger partial charge is 0.398 e. The van der Waals surface area contributed by atoms with Crippen molar-refractivity contribution in [2.45, 2.75) is 13.0 Å². The van der Waals surface area contributed by atoms with Crippen molar-refractivity contribution < 1.29 is 9.90 Å². The first-order valence-electron chi connectivity index (χ1n) is 4.90. The summed E-state index contributed by atoms with van der Waals surface area (Å²) in [6, 6.07) is 4.82. The van der Waals surface area contributed by atoms with Crippen molar-refractivity contribution in [2.24, 2.45) is 0 Å². The van der Waals surface area contributed by atoms with E-state index in [9.17, 15) is 4.79 Å². The summed E-state index contributed by atoms with van der Waals surface area (Å²) >= 11 is 3.27. The maximum atomic E-state index is 12.0. The van der Waals surface area contributed by atoms with Crippen molar-refractivity contribution >= 4 is 27.5 Å². The van der Waals surface area contributed by atoms with Crippen LogP contribution in [-0.4, -0.2) is 35.6 Å². The fourth-order valence-electron chi connectivity index (χ4n) is 1.19. The Hall–Kier alpha value is -1.07. The third-order valence-corrected chi connectivity index (χ3v) is 3.18. The van der Waals surface area contributed by atoms with Crippen LogP contribution in [0.4, 0.5) is 5.69 Å². The number of aliphatic hydroxyl groups excluding tert-OH is 1. The molecule has 1 atom stereocenters. The number of nitrogens with two attached hydrogens (primary N) is 1. The van der Waals surface area contributed by atoms with Crippen LogP contribution in [0.25, 0.3) is 0 Å². The second-order valence-corrected chi connectivity index (χ2v) is 4.54. The van der Waals surface area contributed by atoms with E-state index < -0.39 is 0 Å². The van der Waals surface area contributed by atoms with Gasteiger partial charge in [0, 0.05) is 22.8 Å². The van der Waals surface area contributed by atoms with E-state index in [2.05, 4.69) is 15.9 Å². The fourth-order valence-corrected chi connectivity index (χ4v) is 1.57. The van der Waals surface area contributed by atoms with Gasteiger partial charge >= 0.3 is 0 Å². The van der Waals surface area contributed by atoms with E-state index in [1.165, 1.54) is 4.90 Å². The molecule has 0 spiro atoms. The maximum absolute atomic E-state index is 12.0. The molecule has 3 N–H and O–H groups in total. The predicted octanol–water partition coefficient (Wildman–Crippen LogP) is 1.48. The average molecular weight is 287 g/mol. The van der Waals surface area contributed by atoms with Crippen LogP contribution in [0, 0.1) is 0 Å². The second kappa shape index (κ2) is 5.32. The van der Waals surface area contributed by atoms with Crippen molar-refractivity contribution in [3.05, 3.63) is 28.2 Å². The molecule has 0 saturated carbocycles.